The van der Waals surface area contributed by atoms with Crippen LogP contribution in [0.25, 0.3) is 10.9 Å². The van der Waals surface area contributed by atoms with Crippen LogP contribution >= 0.6 is 23.2 Å². The van der Waals surface area contributed by atoms with E-state index in [0.29, 0.717) is 21.5 Å². The molecule has 0 radical (unpaired) electrons. The zero-order valence-electron chi connectivity index (χ0n) is 16.6. The Hall–Kier alpha value is -2.01. The fourth-order valence-electron chi connectivity index (χ4n) is 3.38. The summed E-state index contributed by atoms with van der Waals surface area (Å²) in [4.78, 5) is 15.6. The maximum Gasteiger partial charge on any atom is 0.191 e. The van der Waals surface area contributed by atoms with E-state index in [4.69, 9.17) is 23.2 Å². The maximum atomic E-state index is 12.3. The van der Waals surface area contributed by atoms with E-state index < -0.39 is 0 Å². The number of aromatic nitrogens is 1. The summed E-state index contributed by atoms with van der Waals surface area (Å²) in [6, 6.07) is 15.3. The highest BCUT2D eigenvalue weighted by atomic mass is 35.5. The highest BCUT2D eigenvalue weighted by molar-refractivity contribution is 6.42. The third kappa shape index (κ3) is 6.23. The molecule has 29 heavy (non-hydrogen) atoms. The lowest BCUT2D eigenvalue weighted by Gasteiger charge is -2.19. The van der Waals surface area contributed by atoms with Gasteiger partial charge in [0.05, 0.1) is 15.6 Å². The van der Waals surface area contributed by atoms with E-state index in [0.717, 1.165) is 49.2 Å². The number of pyridine rings is 1. The Labute approximate surface area is 181 Å². The Bertz CT molecular complexity index is 1000. The predicted molar refractivity (Wildman–Crippen MR) is 124 cm³/mol. The van der Waals surface area contributed by atoms with Crippen LogP contribution in [0.2, 0.25) is 10.0 Å². The topological polar surface area (TPSA) is 56.9 Å². The number of hydrogen-bond acceptors (Lipinski definition) is 3. The molecule has 0 aliphatic carbocycles. The third-order valence-corrected chi connectivity index (χ3v) is 5.77. The molecular weight excluding hydrogens is 405 g/mol. The monoisotopic (exact) mass is 431 g/mol. The Balaban J connectivity index is 1.57. The molecule has 6 heteroatoms. The van der Waals surface area contributed by atoms with Gasteiger partial charge in [0.25, 0.3) is 0 Å². The van der Waals surface area contributed by atoms with Crippen molar-refractivity contribution in [2.75, 3.05) is 11.9 Å². The van der Waals surface area contributed by atoms with Gasteiger partial charge in [-0.1, -0.05) is 61.2 Å². The first-order valence-corrected chi connectivity index (χ1v) is 10.9. The molecule has 0 saturated heterocycles. The van der Waals surface area contributed by atoms with Crippen molar-refractivity contribution < 1.29 is 0 Å². The van der Waals surface area contributed by atoms with Gasteiger partial charge in [-0.05, 0) is 42.7 Å². The number of hydrogen-bond donors (Lipinski definition) is 3. The van der Waals surface area contributed by atoms with Gasteiger partial charge in [0.2, 0.25) is 0 Å². The zero-order chi connectivity index (χ0) is 20.6. The Morgan fingerprint density at radius 1 is 1.03 bits per heavy atom. The van der Waals surface area contributed by atoms with Crippen LogP contribution < -0.4 is 16.1 Å². The molecule has 3 aromatic rings. The van der Waals surface area contributed by atoms with Gasteiger partial charge in [0, 0.05) is 30.6 Å². The van der Waals surface area contributed by atoms with Gasteiger partial charge in [-0.2, -0.15) is 0 Å². The van der Waals surface area contributed by atoms with Gasteiger partial charge in [0.1, 0.15) is 5.82 Å². The largest absolute Gasteiger partial charge is 0.371 e. The van der Waals surface area contributed by atoms with Crippen LogP contribution in [0, 0.1) is 0 Å². The molecule has 3 N–H and O–H groups in total. The minimum Gasteiger partial charge on any atom is -0.371 e. The number of halogens is 2. The van der Waals surface area contributed by atoms with Gasteiger partial charge >= 0.3 is 0 Å². The molecule has 2 aromatic carbocycles. The summed E-state index contributed by atoms with van der Waals surface area (Å²) in [6.07, 6.45) is 4.39. The minimum absolute atomic E-state index is 0.0297. The van der Waals surface area contributed by atoms with Crippen molar-refractivity contribution in [2.24, 2.45) is 0 Å². The molecular formula is C23H27Cl2N3O. The van der Waals surface area contributed by atoms with E-state index in [9.17, 15) is 4.79 Å². The number of rotatable bonds is 10. The molecule has 0 fully saturated rings. The number of fused-ring (bicyclic) bond motifs is 1. The third-order valence-electron chi connectivity index (χ3n) is 5.03. The van der Waals surface area contributed by atoms with E-state index in [1.807, 2.05) is 42.5 Å². The Morgan fingerprint density at radius 2 is 1.86 bits per heavy atom. The van der Waals surface area contributed by atoms with E-state index in [1.54, 1.807) is 6.07 Å². The number of nitrogens with one attached hydrogen (secondary N) is 3. The van der Waals surface area contributed by atoms with Crippen LogP contribution in [-0.4, -0.2) is 17.6 Å². The SMILES string of the molecule is CCCC[C@H](CCNc1cc(=O)c2ccccc2[nH]1)NCc1ccc(Cl)c(Cl)c1. The molecule has 0 aliphatic heterocycles. The summed E-state index contributed by atoms with van der Waals surface area (Å²) in [5.41, 5.74) is 2.00. The van der Waals surface area contributed by atoms with E-state index in [1.165, 1.54) is 6.42 Å². The summed E-state index contributed by atoms with van der Waals surface area (Å²) >= 11 is 12.1. The average Bonchev–Trinajstić information content (AvgIpc) is 2.72. The molecule has 154 valence electrons. The van der Waals surface area contributed by atoms with Crippen LogP contribution in [0.5, 0.6) is 0 Å². The first-order valence-electron chi connectivity index (χ1n) is 10.1. The molecule has 1 heterocycles. The second kappa shape index (κ2) is 10.7. The number of para-hydroxylation sites is 1. The van der Waals surface area contributed by atoms with Gasteiger partial charge in [-0.15, -0.1) is 0 Å². The number of aromatic amines is 1. The average molecular weight is 432 g/mol. The molecule has 0 amide bonds. The van der Waals surface area contributed by atoms with Crippen LogP contribution in [-0.2, 0) is 6.54 Å². The smallest absolute Gasteiger partial charge is 0.191 e. The molecule has 0 spiro atoms. The standard InChI is InChI=1S/C23H27Cl2N3O/c1-2-3-6-17(27-15-16-9-10-19(24)20(25)13-16)11-12-26-23-14-22(29)18-7-4-5-8-21(18)28-23/h4-5,7-10,13-14,17,27H,2-3,6,11-12,15H2,1H3,(H2,26,28,29)/t17-/m1/s1. The highest BCUT2D eigenvalue weighted by Crippen LogP contribution is 2.22. The lowest BCUT2D eigenvalue weighted by Crippen LogP contribution is -2.30. The van der Waals surface area contributed by atoms with Gasteiger partial charge < -0.3 is 15.6 Å². The summed E-state index contributed by atoms with van der Waals surface area (Å²) in [5.74, 6) is 0.757. The van der Waals surface area contributed by atoms with Gasteiger partial charge in [-0.3, -0.25) is 4.79 Å². The summed E-state index contributed by atoms with van der Waals surface area (Å²) < 4.78 is 0. The van der Waals surface area contributed by atoms with Crippen molar-refractivity contribution in [1.82, 2.24) is 10.3 Å². The first-order chi connectivity index (χ1) is 14.1. The molecule has 0 unspecified atom stereocenters. The second-order valence-electron chi connectivity index (χ2n) is 7.28. The molecule has 1 atom stereocenters. The van der Waals surface area contributed by atoms with Crippen molar-refractivity contribution >= 4 is 39.9 Å². The second-order valence-corrected chi connectivity index (χ2v) is 8.09. The van der Waals surface area contributed by atoms with Crippen molar-refractivity contribution in [3.63, 3.8) is 0 Å². The molecule has 4 nitrogen and oxygen atoms in total. The lowest BCUT2D eigenvalue weighted by molar-refractivity contribution is 0.446. The fourth-order valence-corrected chi connectivity index (χ4v) is 3.70. The van der Waals surface area contributed by atoms with Gasteiger partial charge in [-0.25, -0.2) is 0 Å². The highest BCUT2D eigenvalue weighted by Gasteiger charge is 2.09. The van der Waals surface area contributed by atoms with Crippen molar-refractivity contribution in [2.45, 2.75) is 45.2 Å². The molecule has 3 rings (SSSR count). The lowest BCUT2D eigenvalue weighted by atomic mass is 10.1. The summed E-state index contributed by atoms with van der Waals surface area (Å²) in [5, 5.41) is 8.86. The normalized spacial score (nSPS) is 12.2. The van der Waals surface area contributed by atoms with Crippen LogP contribution in [0.3, 0.4) is 0 Å². The van der Waals surface area contributed by atoms with E-state index in [-0.39, 0.29) is 5.43 Å². The number of H-pyrrole nitrogens is 1. The maximum absolute atomic E-state index is 12.3. The van der Waals surface area contributed by atoms with E-state index in [2.05, 4.69) is 22.5 Å². The predicted octanol–water partition coefficient (Wildman–Crippen LogP) is 5.99. The van der Waals surface area contributed by atoms with Gasteiger partial charge in [0.15, 0.2) is 5.43 Å². The number of unbranched alkanes of at least 4 members (excludes halogenated alkanes) is 1. The number of anilines is 1. The molecule has 0 bridgehead atoms. The van der Waals surface area contributed by atoms with Crippen LogP contribution in [0.15, 0.2) is 53.3 Å². The molecule has 1 aromatic heterocycles. The minimum atomic E-state index is 0.0297. The molecule has 0 aliphatic rings. The van der Waals surface area contributed by atoms with Crippen molar-refractivity contribution in [1.29, 1.82) is 0 Å². The number of benzene rings is 2. The van der Waals surface area contributed by atoms with E-state index >= 15 is 0 Å². The summed E-state index contributed by atoms with van der Waals surface area (Å²) in [7, 11) is 0. The van der Waals surface area contributed by atoms with Crippen molar-refractivity contribution in [3.05, 3.63) is 74.4 Å². The quantitative estimate of drug-likeness (QED) is 0.369. The Morgan fingerprint density at radius 3 is 2.66 bits per heavy atom. The Kier molecular flexibility index (Phi) is 7.99. The van der Waals surface area contributed by atoms with Crippen molar-refractivity contribution in [3.8, 4) is 0 Å². The fraction of sp³-hybridized carbons (Fsp3) is 0.348. The van der Waals surface area contributed by atoms with Crippen LogP contribution in [0.1, 0.15) is 38.2 Å². The van der Waals surface area contributed by atoms with Crippen LogP contribution in [0.4, 0.5) is 5.82 Å². The first kappa shape index (κ1) is 21.7. The summed E-state index contributed by atoms with van der Waals surface area (Å²) in [6.45, 7) is 3.73. The molecule has 0 saturated carbocycles. The zero-order valence-corrected chi connectivity index (χ0v) is 18.1.